The SMILES string of the molecule is FNF.[F][K]. The van der Waals surface area contributed by atoms with Gasteiger partial charge in [-0.3, -0.25) is 0 Å². The summed E-state index contributed by atoms with van der Waals surface area (Å²) in [7, 11) is 0. The van der Waals surface area contributed by atoms with Crippen molar-refractivity contribution in [3.05, 3.63) is 0 Å². The van der Waals surface area contributed by atoms with Crippen molar-refractivity contribution >= 4 is 49.9 Å². The van der Waals surface area contributed by atoms with Crippen LogP contribution in [-0.4, -0.2) is 49.9 Å². The molecule has 5 heavy (non-hydrogen) atoms. The quantitative estimate of drug-likeness (QED) is 0.352. The van der Waals surface area contributed by atoms with Crippen molar-refractivity contribution in [2.45, 2.75) is 0 Å². The zero-order valence-corrected chi connectivity index (χ0v) is 5.76. The second-order valence-corrected chi connectivity index (χ2v) is 0.0714. The number of hydrogen-bond acceptors (Lipinski definition) is 1. The summed E-state index contributed by atoms with van der Waals surface area (Å²) in [4.78, 5) is 0. The van der Waals surface area contributed by atoms with Gasteiger partial charge in [-0.2, -0.15) is 0 Å². The zero-order valence-electron chi connectivity index (χ0n) is 2.63. The third-order valence-corrected chi connectivity index (χ3v) is 0. The fourth-order valence-electron chi connectivity index (χ4n) is 0. The summed E-state index contributed by atoms with van der Waals surface area (Å²) < 4.78 is 28.4. The molecule has 1 N–H and O–H groups in total. The maximum absolute atomic E-state index is 9.69. The average molecular weight is 111 g/mol. The first-order valence-corrected chi connectivity index (χ1v) is 1.94. The molecule has 0 heterocycles. The van der Waals surface area contributed by atoms with Crippen molar-refractivity contribution in [1.82, 2.24) is 5.76 Å². The van der Waals surface area contributed by atoms with Crippen LogP contribution in [-0.2, 0) is 0 Å². The number of hydrogen-bond donors (Lipinski definition) is 1. The van der Waals surface area contributed by atoms with E-state index in [1.54, 1.807) is 0 Å². The van der Waals surface area contributed by atoms with Gasteiger partial charge in [0.2, 0.25) is 0 Å². The minimum absolute atomic E-state index is 0.250. The topological polar surface area (TPSA) is 12.0 Å². The Labute approximate surface area is 63.4 Å². The van der Waals surface area contributed by atoms with E-state index < -0.39 is 49.9 Å². The Morgan fingerprint density at radius 3 is 1.20 bits per heavy atom. The molecule has 0 saturated carbocycles. The molecule has 0 aromatic carbocycles. The van der Waals surface area contributed by atoms with Crippen molar-refractivity contribution in [1.29, 1.82) is 0 Å². The predicted octanol–water partition coefficient (Wildman–Crippen LogP) is 0.384. The summed E-state index contributed by atoms with van der Waals surface area (Å²) in [5.41, 5.74) is 0. The molecule has 0 bridgehead atoms. The van der Waals surface area contributed by atoms with E-state index in [-0.39, 0.29) is 5.76 Å². The first kappa shape index (κ1) is 9.63. The molecule has 1 nitrogen and oxygen atoms in total. The maximum atomic E-state index is 9.69. The second kappa shape index (κ2) is 18.2. The Morgan fingerprint density at radius 2 is 1.20 bits per heavy atom. The van der Waals surface area contributed by atoms with Crippen LogP contribution in [0.3, 0.4) is 0 Å². The monoisotopic (exact) mass is 111 g/mol. The van der Waals surface area contributed by atoms with Crippen LogP contribution in [0.4, 0.5) is 8.75 Å². The van der Waals surface area contributed by atoms with Gasteiger partial charge in [-0.25, -0.2) is 0 Å². The van der Waals surface area contributed by atoms with Gasteiger partial charge >= 0.3 is 49.7 Å². The second-order valence-electron chi connectivity index (χ2n) is 0.0714. The molecule has 0 aromatic heterocycles. The molecule has 0 unspecified atom stereocenters. The van der Waals surface area contributed by atoms with E-state index in [1.165, 1.54) is 0 Å². The fraction of sp³-hybridized carbons (Fsp3) is 0. The zero-order chi connectivity index (χ0) is 4.71. The predicted molar refractivity (Wildman–Crippen MR) is 12.2 cm³/mol. The van der Waals surface area contributed by atoms with E-state index in [0.717, 1.165) is 0 Å². The minimum atomic E-state index is -0.438. The summed E-state index contributed by atoms with van der Waals surface area (Å²) in [5, 5.41) is 0. The van der Waals surface area contributed by atoms with Crippen LogP contribution in [0, 0.1) is 0 Å². The Kier molecular flexibility index (Phi) is 35.1. The number of halogens is 3. The van der Waals surface area contributed by atoms with E-state index in [2.05, 4.69) is 0 Å². The van der Waals surface area contributed by atoms with Gasteiger partial charge < -0.3 is 0 Å². The molecule has 0 spiro atoms. The van der Waals surface area contributed by atoms with Crippen molar-refractivity contribution in [3.8, 4) is 0 Å². The molecule has 0 saturated heterocycles. The third kappa shape index (κ3) is 32.1. The van der Waals surface area contributed by atoms with Gasteiger partial charge in [-0.15, -0.1) is 8.96 Å². The fourth-order valence-corrected chi connectivity index (χ4v) is 0. The Hall–Kier alpha value is 1.39. The Bertz CT molecular complexity index is 6.85. The van der Waals surface area contributed by atoms with Gasteiger partial charge in [-0.05, 0) is 0 Å². The van der Waals surface area contributed by atoms with Gasteiger partial charge in [0.05, 0.1) is 0 Å². The van der Waals surface area contributed by atoms with Gasteiger partial charge in [0.25, 0.3) is 0 Å². The van der Waals surface area contributed by atoms with E-state index >= 15 is 0 Å². The van der Waals surface area contributed by atoms with Crippen molar-refractivity contribution in [3.63, 3.8) is 0 Å². The molecule has 0 aromatic rings. The number of rotatable bonds is 0. The molecule has 0 aliphatic carbocycles. The summed E-state index contributed by atoms with van der Waals surface area (Å²) in [6.07, 6.45) is 0. The van der Waals surface area contributed by atoms with Crippen molar-refractivity contribution in [2.75, 3.05) is 0 Å². The van der Waals surface area contributed by atoms with E-state index in [0.29, 0.717) is 0 Å². The Balaban J connectivity index is 0. The first-order valence-electron chi connectivity index (χ1n) is 0.756. The van der Waals surface area contributed by atoms with E-state index in [9.17, 15) is 8.75 Å². The molecule has 0 radical (unpaired) electrons. The van der Waals surface area contributed by atoms with Gasteiger partial charge in [0.15, 0.2) is 0 Å². The molecule has 0 rings (SSSR count). The van der Waals surface area contributed by atoms with Gasteiger partial charge in [0.1, 0.15) is 0 Å². The third-order valence-electron chi connectivity index (χ3n) is 0. The van der Waals surface area contributed by atoms with Gasteiger partial charge in [-0.1, -0.05) is 0 Å². The summed E-state index contributed by atoms with van der Waals surface area (Å²) in [6, 6.07) is 0. The Morgan fingerprint density at radius 1 is 1.20 bits per heavy atom. The standard InChI is InChI=1S/F2HN.FH.K/c1-3-2;;/h3H;1H;/q;;+1/p-1. The number of nitrogens with one attached hydrogen (secondary N) is 1. The average Bonchev–Trinajstić information content (AvgIpc) is 1.46. The molecule has 0 atom stereocenters. The van der Waals surface area contributed by atoms with Gasteiger partial charge in [0, 0.05) is 5.76 Å². The summed E-state index contributed by atoms with van der Waals surface area (Å²) >= 11 is -0.438. The van der Waals surface area contributed by atoms with Crippen molar-refractivity contribution in [2.24, 2.45) is 0 Å². The molecule has 0 fully saturated rings. The van der Waals surface area contributed by atoms with E-state index in [4.69, 9.17) is 0 Å². The van der Waals surface area contributed by atoms with Crippen LogP contribution < -0.4 is 5.76 Å². The molecule has 5 heteroatoms. The molecule has 0 aliphatic heterocycles. The van der Waals surface area contributed by atoms with E-state index in [1.807, 2.05) is 0 Å². The van der Waals surface area contributed by atoms with Crippen LogP contribution in [0.1, 0.15) is 0 Å². The van der Waals surface area contributed by atoms with Crippen LogP contribution in [0.2, 0.25) is 0 Å². The summed E-state index contributed by atoms with van der Waals surface area (Å²) in [6.45, 7) is 0. The van der Waals surface area contributed by atoms with Crippen LogP contribution in [0.25, 0.3) is 0 Å². The van der Waals surface area contributed by atoms with Crippen molar-refractivity contribution < 1.29 is 8.75 Å². The summed E-state index contributed by atoms with van der Waals surface area (Å²) in [5.74, 6) is -0.250. The molecular weight excluding hydrogens is 110 g/mol. The molecule has 0 amide bonds. The molecular formula is HF3KN. The molecule has 28 valence electrons. The normalized spacial score (nSPS) is 5.00. The molecule has 0 aliphatic rings. The van der Waals surface area contributed by atoms with Crippen LogP contribution in [0.5, 0.6) is 0 Å². The first-order chi connectivity index (χ1) is 2.41. The van der Waals surface area contributed by atoms with Crippen LogP contribution in [0.15, 0.2) is 0 Å². The van der Waals surface area contributed by atoms with Crippen LogP contribution >= 0.6 is 0 Å².